The molecule has 0 aliphatic heterocycles. The van der Waals surface area contributed by atoms with Gasteiger partial charge in [-0.2, -0.15) is 0 Å². The van der Waals surface area contributed by atoms with E-state index in [1.165, 1.54) is 11.1 Å². The Kier molecular flexibility index (Phi) is 3.12. The molecule has 0 aliphatic rings. The van der Waals surface area contributed by atoms with Gasteiger partial charge in [-0.15, -0.1) is 0 Å². The van der Waals surface area contributed by atoms with Crippen LogP contribution in [0.25, 0.3) is 33.2 Å². The number of aromatic nitrogens is 2. The van der Waals surface area contributed by atoms with Gasteiger partial charge in [-0.25, -0.2) is 4.57 Å². The summed E-state index contributed by atoms with van der Waals surface area (Å²) in [5.74, 6) is -0.752. The standard InChI is InChI=1S/C21H21N2O/c1-13(2)16-11-19-15(12-22-16)21-18(24-19)9-8-14(3)20(21)17-7-5-6-10-23(17)4/h5-13H,1-4H3/q+1/i13D. The van der Waals surface area contributed by atoms with Crippen LogP contribution in [0.4, 0.5) is 0 Å². The summed E-state index contributed by atoms with van der Waals surface area (Å²) in [6.45, 7) is 5.79. The summed E-state index contributed by atoms with van der Waals surface area (Å²) in [4.78, 5) is 4.53. The SMILES string of the molecule is [2H]C(C)(C)c1cc2oc3ccc(C)c(-c4cccc[n+]4C)c3c2cn1. The monoisotopic (exact) mass is 318 g/mol. The lowest BCUT2D eigenvalue weighted by molar-refractivity contribution is -0.660. The van der Waals surface area contributed by atoms with E-state index in [4.69, 9.17) is 5.79 Å². The summed E-state index contributed by atoms with van der Waals surface area (Å²) in [5.41, 5.74) is 5.84. The normalized spacial score (nSPS) is 12.8. The predicted molar refractivity (Wildman–Crippen MR) is 97.0 cm³/mol. The number of nitrogens with zero attached hydrogens (tertiary/aromatic N) is 2. The van der Waals surface area contributed by atoms with Crippen molar-refractivity contribution in [2.45, 2.75) is 26.7 Å². The molecule has 0 N–H and O–H groups in total. The van der Waals surface area contributed by atoms with Crippen LogP contribution < -0.4 is 4.57 Å². The van der Waals surface area contributed by atoms with Crippen LogP contribution in [0, 0.1) is 6.92 Å². The molecule has 3 heterocycles. The lowest BCUT2D eigenvalue weighted by Gasteiger charge is -2.06. The molecule has 0 saturated heterocycles. The van der Waals surface area contributed by atoms with Crippen LogP contribution in [-0.2, 0) is 7.05 Å². The van der Waals surface area contributed by atoms with Crippen LogP contribution in [0.5, 0.6) is 0 Å². The van der Waals surface area contributed by atoms with Crippen molar-refractivity contribution >= 4 is 21.9 Å². The smallest absolute Gasteiger partial charge is 0.213 e. The summed E-state index contributed by atoms with van der Waals surface area (Å²) in [5, 5.41) is 2.07. The van der Waals surface area contributed by atoms with Gasteiger partial charge in [-0.05, 0) is 30.5 Å². The van der Waals surface area contributed by atoms with E-state index in [0.717, 1.165) is 27.6 Å². The first-order valence-electron chi connectivity index (χ1n) is 8.63. The maximum atomic E-state index is 8.21. The molecule has 4 rings (SSSR count). The molecule has 0 spiro atoms. The molecule has 0 saturated carbocycles. The van der Waals surface area contributed by atoms with Crippen molar-refractivity contribution in [2.24, 2.45) is 7.05 Å². The van der Waals surface area contributed by atoms with E-state index >= 15 is 0 Å². The van der Waals surface area contributed by atoms with Gasteiger partial charge in [-0.1, -0.05) is 19.9 Å². The zero-order chi connectivity index (χ0) is 17.8. The topological polar surface area (TPSA) is 29.9 Å². The van der Waals surface area contributed by atoms with Crippen LogP contribution in [0.15, 0.2) is 53.2 Å². The predicted octanol–water partition coefficient (Wildman–Crippen LogP) is 4.90. The molecule has 0 atom stereocenters. The highest BCUT2D eigenvalue weighted by molar-refractivity contribution is 6.12. The van der Waals surface area contributed by atoms with Crippen molar-refractivity contribution in [1.29, 1.82) is 0 Å². The number of hydrogen-bond acceptors (Lipinski definition) is 2. The van der Waals surface area contributed by atoms with Gasteiger partial charge in [-0.3, -0.25) is 4.98 Å². The molecule has 0 amide bonds. The number of benzene rings is 1. The van der Waals surface area contributed by atoms with Crippen molar-refractivity contribution in [2.75, 3.05) is 0 Å². The Morgan fingerprint density at radius 1 is 1.17 bits per heavy atom. The fraction of sp³-hybridized carbons (Fsp3) is 0.238. The molecular weight excluding hydrogens is 296 g/mol. The molecular formula is C21H21N2O+. The fourth-order valence-electron chi connectivity index (χ4n) is 3.25. The number of rotatable bonds is 2. The van der Waals surface area contributed by atoms with Gasteiger partial charge in [0.25, 0.3) is 0 Å². The van der Waals surface area contributed by atoms with Gasteiger partial charge in [0.15, 0.2) is 6.20 Å². The van der Waals surface area contributed by atoms with Crippen molar-refractivity contribution in [1.82, 2.24) is 4.98 Å². The number of pyridine rings is 2. The maximum absolute atomic E-state index is 8.21. The minimum absolute atomic E-state index is 0.711. The second-order valence-electron chi connectivity index (χ2n) is 6.50. The lowest BCUT2D eigenvalue weighted by atomic mass is 9.98. The average molecular weight is 318 g/mol. The molecule has 24 heavy (non-hydrogen) atoms. The fourth-order valence-corrected chi connectivity index (χ4v) is 3.25. The van der Waals surface area contributed by atoms with Gasteiger partial charge in [0.05, 0.1) is 5.56 Å². The quantitative estimate of drug-likeness (QED) is 0.492. The van der Waals surface area contributed by atoms with Crippen LogP contribution >= 0.6 is 0 Å². The van der Waals surface area contributed by atoms with E-state index in [0.29, 0.717) is 5.69 Å². The highest BCUT2D eigenvalue weighted by Crippen LogP contribution is 2.37. The number of hydrogen-bond donors (Lipinski definition) is 0. The van der Waals surface area contributed by atoms with E-state index in [1.54, 1.807) is 0 Å². The molecule has 4 aromatic rings. The van der Waals surface area contributed by atoms with Crippen molar-refractivity contribution in [3.8, 4) is 11.3 Å². The second-order valence-corrected chi connectivity index (χ2v) is 6.50. The van der Waals surface area contributed by atoms with Crippen molar-refractivity contribution < 1.29 is 10.4 Å². The van der Waals surface area contributed by atoms with Gasteiger partial charge in [0.2, 0.25) is 5.69 Å². The summed E-state index contributed by atoms with van der Waals surface area (Å²) in [6.07, 6.45) is 3.90. The molecule has 3 aromatic heterocycles. The molecule has 120 valence electrons. The first-order chi connectivity index (χ1) is 11.9. The molecule has 0 radical (unpaired) electrons. The number of furan rings is 1. The van der Waals surface area contributed by atoms with E-state index in [1.807, 2.05) is 38.2 Å². The molecule has 1 aromatic carbocycles. The van der Waals surface area contributed by atoms with Gasteiger partial charge in [0, 0.05) is 42.2 Å². The Hall–Kier alpha value is -2.68. The Morgan fingerprint density at radius 2 is 2.00 bits per heavy atom. The van der Waals surface area contributed by atoms with Crippen LogP contribution in [0.1, 0.15) is 32.4 Å². The summed E-state index contributed by atoms with van der Waals surface area (Å²) in [7, 11) is 2.05. The number of aryl methyl sites for hydroxylation is 2. The third-order valence-corrected chi connectivity index (χ3v) is 4.55. The highest BCUT2D eigenvalue weighted by atomic mass is 16.3. The van der Waals surface area contributed by atoms with E-state index < -0.39 is 5.89 Å². The summed E-state index contributed by atoms with van der Waals surface area (Å²) in [6, 6.07) is 12.2. The first kappa shape index (κ1) is 13.7. The summed E-state index contributed by atoms with van der Waals surface area (Å²) < 4.78 is 16.4. The van der Waals surface area contributed by atoms with Crippen LogP contribution in [0.2, 0.25) is 0 Å². The highest BCUT2D eigenvalue weighted by Gasteiger charge is 2.20. The lowest BCUT2D eigenvalue weighted by Crippen LogP contribution is -2.30. The maximum Gasteiger partial charge on any atom is 0.213 e. The molecule has 0 bridgehead atoms. The van der Waals surface area contributed by atoms with Gasteiger partial charge < -0.3 is 4.42 Å². The van der Waals surface area contributed by atoms with E-state index in [2.05, 4.69) is 47.9 Å². The van der Waals surface area contributed by atoms with Crippen molar-refractivity contribution in [3.05, 3.63) is 60.0 Å². The minimum atomic E-state index is -0.752. The Labute approximate surface area is 143 Å². The minimum Gasteiger partial charge on any atom is -0.456 e. The Bertz CT molecular complexity index is 1110. The Morgan fingerprint density at radius 3 is 2.75 bits per heavy atom. The molecule has 3 heteroatoms. The third kappa shape index (κ3) is 2.20. The molecule has 0 fully saturated rings. The zero-order valence-electron chi connectivity index (χ0n) is 15.4. The van der Waals surface area contributed by atoms with Crippen LogP contribution in [-0.4, -0.2) is 4.98 Å². The average Bonchev–Trinajstić information content (AvgIpc) is 2.93. The van der Waals surface area contributed by atoms with E-state index in [9.17, 15) is 0 Å². The molecule has 0 aliphatic carbocycles. The first-order valence-corrected chi connectivity index (χ1v) is 8.13. The Balaban J connectivity index is 2.10. The zero-order valence-corrected chi connectivity index (χ0v) is 14.4. The third-order valence-electron chi connectivity index (χ3n) is 4.55. The molecule has 3 nitrogen and oxygen atoms in total. The van der Waals surface area contributed by atoms with Crippen molar-refractivity contribution in [3.63, 3.8) is 0 Å². The van der Waals surface area contributed by atoms with Crippen LogP contribution in [0.3, 0.4) is 0 Å². The summed E-state index contributed by atoms with van der Waals surface area (Å²) >= 11 is 0. The van der Waals surface area contributed by atoms with E-state index in [-0.39, 0.29) is 0 Å². The molecule has 0 unspecified atom stereocenters. The second kappa shape index (κ2) is 5.45. The van der Waals surface area contributed by atoms with Gasteiger partial charge >= 0.3 is 0 Å². The van der Waals surface area contributed by atoms with Gasteiger partial charge in [0.1, 0.15) is 18.2 Å². The largest absolute Gasteiger partial charge is 0.456 e. The number of fused-ring (bicyclic) bond motifs is 3.